The summed E-state index contributed by atoms with van der Waals surface area (Å²) in [7, 11) is 1.47. The van der Waals surface area contributed by atoms with E-state index in [1.54, 1.807) is 0 Å². The summed E-state index contributed by atoms with van der Waals surface area (Å²) < 4.78 is 5.16. The van der Waals surface area contributed by atoms with Gasteiger partial charge in [-0.15, -0.1) is 0 Å². The van der Waals surface area contributed by atoms with Gasteiger partial charge in [0.1, 0.15) is 5.41 Å². The fourth-order valence-electron chi connectivity index (χ4n) is 3.45. The molecule has 0 amide bonds. The maximum absolute atomic E-state index is 12.6. The summed E-state index contributed by atoms with van der Waals surface area (Å²) in [5.41, 5.74) is 3.96. The van der Waals surface area contributed by atoms with Crippen LogP contribution in [0.4, 0.5) is 0 Å². The van der Waals surface area contributed by atoms with Crippen LogP contribution < -0.4 is 0 Å². The van der Waals surface area contributed by atoms with E-state index in [2.05, 4.69) is 31.2 Å². The van der Waals surface area contributed by atoms with Crippen molar-refractivity contribution in [1.29, 1.82) is 0 Å². The zero-order valence-electron chi connectivity index (χ0n) is 11.8. The molecule has 20 heavy (non-hydrogen) atoms. The molecule has 0 bridgehead atoms. The maximum Gasteiger partial charge on any atom is 0.320 e. The second-order valence-electron chi connectivity index (χ2n) is 5.24. The van der Waals surface area contributed by atoms with Crippen molar-refractivity contribution in [2.75, 3.05) is 7.11 Å². The summed E-state index contributed by atoms with van der Waals surface area (Å²) in [4.78, 5) is 12.6. The second-order valence-corrected chi connectivity index (χ2v) is 5.24. The Morgan fingerprint density at radius 2 is 1.55 bits per heavy atom. The van der Waals surface area contributed by atoms with Crippen LogP contribution in [0.1, 0.15) is 35.6 Å². The number of rotatable bonds is 2. The molecule has 0 saturated carbocycles. The highest BCUT2D eigenvalue weighted by atomic mass is 16.5. The van der Waals surface area contributed by atoms with Crippen LogP contribution >= 0.6 is 0 Å². The molecule has 1 aliphatic rings. The van der Waals surface area contributed by atoms with Crippen molar-refractivity contribution in [3.63, 3.8) is 0 Å². The van der Waals surface area contributed by atoms with Crippen molar-refractivity contribution < 1.29 is 9.53 Å². The Balaban J connectivity index is 2.34. The maximum atomic E-state index is 12.6. The van der Waals surface area contributed by atoms with Crippen molar-refractivity contribution >= 4 is 5.97 Å². The van der Waals surface area contributed by atoms with Crippen molar-refractivity contribution in [3.8, 4) is 0 Å². The average molecular weight is 266 g/mol. The minimum Gasteiger partial charge on any atom is -0.468 e. The minimum absolute atomic E-state index is 0.167. The molecule has 0 fully saturated rings. The van der Waals surface area contributed by atoms with E-state index >= 15 is 0 Å². The predicted molar refractivity (Wildman–Crippen MR) is 78.8 cm³/mol. The number of methoxy groups -OCH3 is 1. The van der Waals surface area contributed by atoms with Crippen molar-refractivity contribution in [2.45, 2.75) is 25.2 Å². The predicted octanol–water partition coefficient (Wildman–Crippen LogP) is 3.46. The monoisotopic (exact) mass is 266 g/mol. The molecular weight excluding hydrogens is 248 g/mol. The van der Waals surface area contributed by atoms with Gasteiger partial charge in [0, 0.05) is 0 Å². The second kappa shape index (κ2) is 4.78. The van der Waals surface area contributed by atoms with Gasteiger partial charge >= 0.3 is 5.97 Å². The van der Waals surface area contributed by atoms with Crippen LogP contribution in [-0.2, 0) is 21.4 Å². The first kappa shape index (κ1) is 12.9. The van der Waals surface area contributed by atoms with Gasteiger partial charge in [0.25, 0.3) is 0 Å². The van der Waals surface area contributed by atoms with Crippen molar-refractivity contribution in [3.05, 3.63) is 70.8 Å². The van der Waals surface area contributed by atoms with Gasteiger partial charge in [-0.1, -0.05) is 55.5 Å². The van der Waals surface area contributed by atoms with E-state index in [1.165, 1.54) is 18.2 Å². The van der Waals surface area contributed by atoms with Gasteiger partial charge in [-0.2, -0.15) is 0 Å². The van der Waals surface area contributed by atoms with Crippen LogP contribution in [0, 0.1) is 0 Å². The Hall–Kier alpha value is -2.09. The molecule has 0 unspecified atom stereocenters. The topological polar surface area (TPSA) is 26.3 Å². The fourth-order valence-corrected chi connectivity index (χ4v) is 3.45. The first-order valence-electron chi connectivity index (χ1n) is 6.99. The number of fused-ring (bicyclic) bond motifs is 2. The summed E-state index contributed by atoms with van der Waals surface area (Å²) in [6, 6.07) is 16.4. The minimum atomic E-state index is -0.666. The van der Waals surface area contributed by atoms with Crippen LogP contribution in [0.5, 0.6) is 0 Å². The molecule has 2 nitrogen and oxygen atoms in total. The number of esters is 1. The Morgan fingerprint density at radius 1 is 1.05 bits per heavy atom. The molecule has 2 aromatic rings. The smallest absolute Gasteiger partial charge is 0.320 e. The average Bonchev–Trinajstić information content (AvgIpc) is 2.52. The molecule has 0 heterocycles. The molecule has 0 spiro atoms. The third kappa shape index (κ3) is 1.61. The van der Waals surface area contributed by atoms with Crippen molar-refractivity contribution in [2.24, 2.45) is 0 Å². The molecule has 3 rings (SSSR count). The summed E-state index contributed by atoms with van der Waals surface area (Å²) in [6.45, 7) is 2.05. The van der Waals surface area contributed by atoms with Crippen molar-refractivity contribution in [1.82, 2.24) is 0 Å². The summed E-state index contributed by atoms with van der Waals surface area (Å²) in [5, 5.41) is 0. The molecule has 0 N–H and O–H groups in total. The molecule has 2 aromatic carbocycles. The lowest BCUT2D eigenvalue weighted by atomic mass is 9.65. The lowest BCUT2D eigenvalue weighted by Crippen LogP contribution is -2.41. The Bertz CT molecular complexity index is 612. The first-order chi connectivity index (χ1) is 9.74. The van der Waals surface area contributed by atoms with Gasteiger partial charge in [0.15, 0.2) is 0 Å². The summed E-state index contributed by atoms with van der Waals surface area (Å²) >= 11 is 0. The quantitative estimate of drug-likeness (QED) is 0.778. The number of benzene rings is 2. The zero-order chi connectivity index (χ0) is 14.2. The van der Waals surface area contributed by atoms with Gasteiger partial charge in [-0.05, 0) is 35.1 Å². The van der Waals surface area contributed by atoms with Gasteiger partial charge in [0.05, 0.1) is 7.11 Å². The van der Waals surface area contributed by atoms with Crippen LogP contribution in [-0.4, -0.2) is 13.1 Å². The number of carbonyl (C=O) groups excluding carboxylic acids is 1. The largest absolute Gasteiger partial charge is 0.468 e. The Kier molecular flexibility index (Phi) is 3.09. The molecule has 0 aromatic heterocycles. The van der Waals surface area contributed by atoms with E-state index in [1.807, 2.05) is 24.3 Å². The number of carbonyl (C=O) groups is 1. The number of hydrogen-bond donors (Lipinski definition) is 0. The van der Waals surface area contributed by atoms with E-state index < -0.39 is 5.41 Å². The van der Waals surface area contributed by atoms with Gasteiger partial charge in [-0.25, -0.2) is 0 Å². The highest BCUT2D eigenvalue weighted by Gasteiger charge is 2.46. The molecule has 102 valence electrons. The SMILES string of the molecule is CCC1(C(=O)OC)c2ccccc2Cc2ccccc21. The molecule has 0 radical (unpaired) electrons. The summed E-state index contributed by atoms with van der Waals surface area (Å²) in [5.74, 6) is -0.167. The number of hydrogen-bond acceptors (Lipinski definition) is 2. The van der Waals surface area contributed by atoms with Crippen LogP contribution in [0.15, 0.2) is 48.5 Å². The van der Waals surface area contributed by atoms with E-state index in [-0.39, 0.29) is 5.97 Å². The molecule has 0 aliphatic heterocycles. The van der Waals surface area contributed by atoms with E-state index in [0.29, 0.717) is 6.42 Å². The van der Waals surface area contributed by atoms with Crippen LogP contribution in [0.25, 0.3) is 0 Å². The Labute approximate surface area is 119 Å². The lowest BCUT2D eigenvalue weighted by molar-refractivity contribution is -0.146. The summed E-state index contributed by atoms with van der Waals surface area (Å²) in [6.07, 6.45) is 1.58. The fraction of sp³-hybridized carbons (Fsp3) is 0.278. The van der Waals surface area contributed by atoms with Crippen LogP contribution in [0.3, 0.4) is 0 Å². The van der Waals surface area contributed by atoms with Gasteiger partial charge in [0.2, 0.25) is 0 Å². The Morgan fingerprint density at radius 3 is 2.00 bits per heavy atom. The van der Waals surface area contributed by atoms with Gasteiger partial charge in [-0.3, -0.25) is 4.79 Å². The normalized spacial score (nSPS) is 15.1. The third-order valence-electron chi connectivity index (χ3n) is 4.40. The van der Waals surface area contributed by atoms with Gasteiger partial charge < -0.3 is 4.74 Å². The molecule has 2 heteroatoms. The highest BCUT2D eigenvalue weighted by Crippen LogP contribution is 2.44. The number of ether oxygens (including phenoxy) is 1. The lowest BCUT2D eigenvalue weighted by Gasteiger charge is -2.37. The van der Waals surface area contributed by atoms with Crippen LogP contribution in [0.2, 0.25) is 0 Å². The standard InChI is InChI=1S/C18H18O2/c1-3-18(17(19)20-2)15-10-6-4-8-13(15)12-14-9-5-7-11-16(14)18/h4-11H,3,12H2,1-2H3. The molecule has 0 atom stereocenters. The van der Waals surface area contributed by atoms with E-state index in [4.69, 9.17) is 4.74 Å². The van der Waals surface area contributed by atoms with E-state index in [9.17, 15) is 4.79 Å². The zero-order valence-corrected chi connectivity index (χ0v) is 11.8. The van der Waals surface area contributed by atoms with E-state index in [0.717, 1.165) is 17.5 Å². The first-order valence-corrected chi connectivity index (χ1v) is 6.99. The molecular formula is C18H18O2. The highest BCUT2D eigenvalue weighted by molar-refractivity contribution is 5.89. The molecule has 1 aliphatic carbocycles. The molecule has 0 saturated heterocycles. The third-order valence-corrected chi connectivity index (χ3v) is 4.40.